The molecule has 0 radical (unpaired) electrons. The zero-order valence-corrected chi connectivity index (χ0v) is 11.4. The van der Waals surface area contributed by atoms with Gasteiger partial charge in [0, 0.05) is 12.1 Å². The monoisotopic (exact) mass is 259 g/mol. The molecule has 1 N–H and O–H groups in total. The smallest absolute Gasteiger partial charge is 0.133 e. The summed E-state index contributed by atoms with van der Waals surface area (Å²) >= 11 is 0. The molecule has 1 unspecified atom stereocenters. The lowest BCUT2D eigenvalue weighted by Crippen LogP contribution is -2.12. The van der Waals surface area contributed by atoms with Crippen LogP contribution in [0.25, 0.3) is 0 Å². The Balaban J connectivity index is 2.26. The molecule has 0 heterocycles. The molecular formula is C16H18FNO. The molecule has 0 bridgehead atoms. The van der Waals surface area contributed by atoms with E-state index < -0.39 is 0 Å². The second kappa shape index (κ2) is 5.85. The summed E-state index contributed by atoms with van der Waals surface area (Å²) in [5.41, 5.74) is 2.04. The predicted molar refractivity (Wildman–Crippen MR) is 75.1 cm³/mol. The molecule has 2 nitrogen and oxygen atoms in total. The second-order valence-electron chi connectivity index (χ2n) is 4.59. The van der Waals surface area contributed by atoms with Gasteiger partial charge in [0.25, 0.3) is 0 Å². The highest BCUT2D eigenvalue weighted by atomic mass is 19.1. The number of ether oxygens (including phenoxy) is 1. The molecule has 0 fully saturated rings. The molecule has 0 aliphatic carbocycles. The molecular weight excluding hydrogens is 241 g/mol. The van der Waals surface area contributed by atoms with Gasteiger partial charge >= 0.3 is 0 Å². The molecule has 19 heavy (non-hydrogen) atoms. The fraction of sp³-hybridized carbons (Fsp3) is 0.250. The number of hydrogen-bond donors (Lipinski definition) is 1. The average molecular weight is 259 g/mol. The van der Waals surface area contributed by atoms with Crippen molar-refractivity contribution in [2.75, 3.05) is 7.05 Å². The minimum absolute atomic E-state index is 0.247. The molecule has 3 heteroatoms. The van der Waals surface area contributed by atoms with Crippen molar-refractivity contribution < 1.29 is 9.13 Å². The molecule has 0 amide bonds. The van der Waals surface area contributed by atoms with Gasteiger partial charge in [-0.1, -0.05) is 18.2 Å². The molecule has 0 aliphatic heterocycles. The molecule has 2 rings (SSSR count). The molecule has 0 saturated carbocycles. The molecule has 2 aromatic carbocycles. The highest BCUT2D eigenvalue weighted by Crippen LogP contribution is 2.27. The standard InChI is InChI=1S/C16H18FNO/c1-11-7-8-14(17)10-16(11)19-15-6-4-5-13(9-15)12(2)18-3/h4-10,12,18H,1-3H3. The molecule has 0 aliphatic rings. The van der Waals surface area contributed by atoms with Crippen molar-refractivity contribution in [3.05, 3.63) is 59.4 Å². The zero-order chi connectivity index (χ0) is 13.8. The van der Waals surface area contributed by atoms with Crippen molar-refractivity contribution in [2.24, 2.45) is 0 Å². The molecule has 0 aromatic heterocycles. The number of aryl methyl sites for hydroxylation is 1. The first-order chi connectivity index (χ1) is 9.10. The first-order valence-electron chi connectivity index (χ1n) is 6.31. The lowest BCUT2D eigenvalue weighted by molar-refractivity contribution is 0.471. The first kappa shape index (κ1) is 13.6. The van der Waals surface area contributed by atoms with Gasteiger partial charge in [0.1, 0.15) is 17.3 Å². The van der Waals surface area contributed by atoms with Crippen LogP contribution in [0.5, 0.6) is 11.5 Å². The van der Waals surface area contributed by atoms with Crippen LogP contribution in [-0.4, -0.2) is 7.05 Å². The molecule has 1 atom stereocenters. The quantitative estimate of drug-likeness (QED) is 0.888. The Hall–Kier alpha value is -1.87. The summed E-state index contributed by atoms with van der Waals surface area (Å²) in [5, 5.41) is 3.18. The van der Waals surface area contributed by atoms with E-state index in [1.165, 1.54) is 12.1 Å². The van der Waals surface area contributed by atoms with Crippen LogP contribution in [0.15, 0.2) is 42.5 Å². The van der Waals surface area contributed by atoms with Crippen LogP contribution in [0.3, 0.4) is 0 Å². The molecule has 2 aromatic rings. The third-order valence-electron chi connectivity index (χ3n) is 3.17. The summed E-state index contributed by atoms with van der Waals surface area (Å²) in [4.78, 5) is 0. The number of benzene rings is 2. The highest BCUT2D eigenvalue weighted by Gasteiger charge is 2.06. The summed E-state index contributed by atoms with van der Waals surface area (Å²) in [6, 6.07) is 12.6. The highest BCUT2D eigenvalue weighted by molar-refractivity contribution is 5.39. The van der Waals surface area contributed by atoms with Crippen molar-refractivity contribution in [2.45, 2.75) is 19.9 Å². The van der Waals surface area contributed by atoms with Gasteiger partial charge in [-0.2, -0.15) is 0 Å². The van der Waals surface area contributed by atoms with Crippen LogP contribution in [-0.2, 0) is 0 Å². The minimum Gasteiger partial charge on any atom is -0.457 e. The molecule has 100 valence electrons. The van der Waals surface area contributed by atoms with Crippen molar-refractivity contribution in [1.82, 2.24) is 5.32 Å². The van der Waals surface area contributed by atoms with E-state index in [2.05, 4.69) is 12.2 Å². The second-order valence-corrected chi connectivity index (χ2v) is 4.59. The van der Waals surface area contributed by atoms with Crippen LogP contribution in [0, 0.1) is 12.7 Å². The number of hydrogen-bond acceptors (Lipinski definition) is 2. The van der Waals surface area contributed by atoms with Crippen molar-refractivity contribution in [3.63, 3.8) is 0 Å². The van der Waals surface area contributed by atoms with E-state index in [1.54, 1.807) is 6.07 Å². The maximum absolute atomic E-state index is 13.2. The van der Waals surface area contributed by atoms with Crippen LogP contribution < -0.4 is 10.1 Å². The summed E-state index contributed by atoms with van der Waals surface area (Å²) in [7, 11) is 1.91. The van der Waals surface area contributed by atoms with Gasteiger partial charge in [-0.3, -0.25) is 0 Å². The van der Waals surface area contributed by atoms with E-state index in [0.717, 1.165) is 11.1 Å². The van der Waals surface area contributed by atoms with Crippen molar-refractivity contribution in [1.29, 1.82) is 0 Å². The van der Waals surface area contributed by atoms with E-state index in [-0.39, 0.29) is 11.9 Å². The lowest BCUT2D eigenvalue weighted by Gasteiger charge is -2.13. The topological polar surface area (TPSA) is 21.3 Å². The van der Waals surface area contributed by atoms with Gasteiger partial charge in [-0.05, 0) is 50.2 Å². The molecule has 0 spiro atoms. The third-order valence-corrected chi connectivity index (χ3v) is 3.17. The Morgan fingerprint density at radius 1 is 1.16 bits per heavy atom. The van der Waals surface area contributed by atoms with E-state index in [0.29, 0.717) is 11.5 Å². The lowest BCUT2D eigenvalue weighted by atomic mass is 10.1. The number of rotatable bonds is 4. The van der Waals surface area contributed by atoms with Gasteiger partial charge in [0.2, 0.25) is 0 Å². The van der Waals surface area contributed by atoms with Gasteiger partial charge in [0.15, 0.2) is 0 Å². The van der Waals surface area contributed by atoms with Crippen LogP contribution in [0.4, 0.5) is 4.39 Å². The SMILES string of the molecule is CNC(C)c1cccc(Oc2cc(F)ccc2C)c1. The fourth-order valence-electron chi connectivity index (χ4n) is 1.82. The van der Waals surface area contributed by atoms with Crippen molar-refractivity contribution >= 4 is 0 Å². The summed E-state index contributed by atoms with van der Waals surface area (Å²) in [5.74, 6) is 0.975. The van der Waals surface area contributed by atoms with Crippen LogP contribution in [0.2, 0.25) is 0 Å². The fourth-order valence-corrected chi connectivity index (χ4v) is 1.82. The largest absolute Gasteiger partial charge is 0.457 e. The van der Waals surface area contributed by atoms with Gasteiger partial charge in [-0.15, -0.1) is 0 Å². The van der Waals surface area contributed by atoms with E-state index >= 15 is 0 Å². The average Bonchev–Trinajstić information content (AvgIpc) is 2.42. The Labute approximate surface area is 113 Å². The Morgan fingerprint density at radius 2 is 1.95 bits per heavy atom. The van der Waals surface area contributed by atoms with Gasteiger partial charge in [-0.25, -0.2) is 4.39 Å². The Bertz CT molecular complexity index is 568. The summed E-state index contributed by atoms with van der Waals surface area (Å²) in [6.45, 7) is 3.97. The number of nitrogens with one attached hydrogen (secondary N) is 1. The van der Waals surface area contributed by atoms with Gasteiger partial charge < -0.3 is 10.1 Å². The van der Waals surface area contributed by atoms with E-state index in [1.807, 2.05) is 38.2 Å². The maximum Gasteiger partial charge on any atom is 0.133 e. The summed E-state index contributed by atoms with van der Waals surface area (Å²) < 4.78 is 19.0. The normalized spacial score (nSPS) is 12.2. The Morgan fingerprint density at radius 3 is 2.68 bits per heavy atom. The van der Waals surface area contributed by atoms with E-state index in [9.17, 15) is 4.39 Å². The van der Waals surface area contributed by atoms with E-state index in [4.69, 9.17) is 4.74 Å². The van der Waals surface area contributed by atoms with Gasteiger partial charge in [0.05, 0.1) is 0 Å². The van der Waals surface area contributed by atoms with Crippen LogP contribution >= 0.6 is 0 Å². The predicted octanol–water partition coefficient (Wildman–Crippen LogP) is 4.21. The number of halogens is 1. The first-order valence-corrected chi connectivity index (χ1v) is 6.31. The maximum atomic E-state index is 13.2. The van der Waals surface area contributed by atoms with Crippen molar-refractivity contribution in [3.8, 4) is 11.5 Å². The summed E-state index contributed by atoms with van der Waals surface area (Å²) in [6.07, 6.45) is 0. The molecule has 0 saturated heterocycles. The zero-order valence-electron chi connectivity index (χ0n) is 11.4. The third kappa shape index (κ3) is 3.32. The minimum atomic E-state index is -0.291. The Kier molecular flexibility index (Phi) is 4.17. The van der Waals surface area contributed by atoms with Crippen LogP contribution in [0.1, 0.15) is 24.1 Å².